The summed E-state index contributed by atoms with van der Waals surface area (Å²) in [6.07, 6.45) is 0. The summed E-state index contributed by atoms with van der Waals surface area (Å²) >= 11 is 0. The molecule has 124 valence electrons. The Hall–Kier alpha value is -2.34. The first-order valence-corrected chi connectivity index (χ1v) is 7.69. The molecule has 2 aromatic rings. The minimum Gasteiger partial charge on any atom is -0.395 e. The van der Waals surface area contributed by atoms with Crippen molar-refractivity contribution in [2.45, 2.75) is 26.8 Å². The summed E-state index contributed by atoms with van der Waals surface area (Å²) in [5.41, 5.74) is 4.73. The predicted octanol–water partition coefficient (Wildman–Crippen LogP) is 1.93. The van der Waals surface area contributed by atoms with E-state index in [9.17, 15) is 4.79 Å². The van der Waals surface area contributed by atoms with Crippen LogP contribution in [0.15, 0.2) is 24.3 Å². The fraction of sp³-hybridized carbons (Fsp3) is 0.412. The van der Waals surface area contributed by atoms with Gasteiger partial charge in [-0.3, -0.25) is 9.48 Å². The van der Waals surface area contributed by atoms with Crippen molar-refractivity contribution in [3.63, 3.8) is 0 Å². The second-order valence-corrected chi connectivity index (χ2v) is 5.63. The highest BCUT2D eigenvalue weighted by atomic mass is 16.3. The number of aromatic nitrogens is 2. The number of aliphatic hydroxyl groups is 1. The summed E-state index contributed by atoms with van der Waals surface area (Å²) in [4.78, 5) is 12.0. The number of anilines is 1. The Balaban J connectivity index is 2.15. The number of hydrogen-bond acceptors (Lipinski definition) is 4. The first-order valence-electron chi connectivity index (χ1n) is 7.69. The molecule has 1 unspecified atom stereocenters. The van der Waals surface area contributed by atoms with Crippen LogP contribution in [-0.4, -0.2) is 33.9 Å². The van der Waals surface area contributed by atoms with E-state index in [4.69, 9.17) is 5.11 Å². The van der Waals surface area contributed by atoms with E-state index in [0.717, 1.165) is 17.1 Å². The lowest BCUT2D eigenvalue weighted by atomic mass is 10.1. The molecule has 0 aliphatic carbocycles. The van der Waals surface area contributed by atoms with E-state index in [2.05, 4.69) is 22.7 Å². The van der Waals surface area contributed by atoms with Gasteiger partial charge < -0.3 is 15.7 Å². The number of hydrogen-bond donors (Lipinski definition) is 3. The monoisotopic (exact) mass is 316 g/mol. The maximum absolute atomic E-state index is 12.0. The zero-order valence-corrected chi connectivity index (χ0v) is 14.1. The minimum absolute atomic E-state index is 0.0692. The van der Waals surface area contributed by atoms with Crippen molar-refractivity contribution < 1.29 is 9.90 Å². The van der Waals surface area contributed by atoms with Crippen molar-refractivity contribution in [2.24, 2.45) is 7.05 Å². The summed E-state index contributed by atoms with van der Waals surface area (Å²) in [5, 5.41) is 19.3. The van der Waals surface area contributed by atoms with Gasteiger partial charge in [-0.15, -0.1) is 0 Å². The summed E-state index contributed by atoms with van der Waals surface area (Å²) in [6.45, 7) is 6.31. The summed E-state index contributed by atoms with van der Waals surface area (Å²) in [5.74, 6) is -0.191. The molecule has 6 nitrogen and oxygen atoms in total. The Morgan fingerprint density at radius 2 is 2.13 bits per heavy atom. The second-order valence-electron chi connectivity index (χ2n) is 5.63. The highest BCUT2D eigenvalue weighted by Crippen LogP contribution is 2.25. The van der Waals surface area contributed by atoms with Crippen molar-refractivity contribution in [1.29, 1.82) is 0 Å². The number of nitrogens with zero attached hydrogens (tertiary/aromatic N) is 2. The van der Waals surface area contributed by atoms with Crippen LogP contribution < -0.4 is 10.6 Å². The number of carbonyl (C=O) groups excluding carboxylic acids is 1. The molecule has 2 rings (SSSR count). The van der Waals surface area contributed by atoms with Gasteiger partial charge in [-0.25, -0.2) is 0 Å². The van der Waals surface area contributed by atoms with Crippen LogP contribution in [0.4, 0.5) is 5.69 Å². The Bertz CT molecular complexity index is 694. The van der Waals surface area contributed by atoms with Crippen LogP contribution in [0.25, 0.3) is 0 Å². The third-order valence-corrected chi connectivity index (χ3v) is 3.90. The fourth-order valence-electron chi connectivity index (χ4n) is 2.76. The van der Waals surface area contributed by atoms with Crippen LogP contribution in [0.1, 0.15) is 40.3 Å². The number of nitrogens with one attached hydrogen (secondary N) is 2. The van der Waals surface area contributed by atoms with E-state index in [1.807, 2.05) is 43.8 Å². The molecule has 1 heterocycles. The maximum atomic E-state index is 12.0. The van der Waals surface area contributed by atoms with Crippen molar-refractivity contribution in [2.75, 3.05) is 18.5 Å². The second kappa shape index (κ2) is 7.28. The van der Waals surface area contributed by atoms with Crippen molar-refractivity contribution in [3.05, 3.63) is 46.8 Å². The molecule has 1 aromatic heterocycles. The molecule has 0 spiro atoms. The maximum Gasteiger partial charge on any atom is 0.251 e. The molecule has 1 amide bonds. The normalized spacial score (nSPS) is 12.0. The van der Waals surface area contributed by atoms with E-state index in [1.165, 1.54) is 5.56 Å². The molecule has 0 bridgehead atoms. The number of aryl methyl sites for hydroxylation is 2. The fourth-order valence-corrected chi connectivity index (χ4v) is 2.76. The zero-order chi connectivity index (χ0) is 17.0. The number of amides is 1. The van der Waals surface area contributed by atoms with Gasteiger partial charge >= 0.3 is 0 Å². The van der Waals surface area contributed by atoms with Crippen molar-refractivity contribution >= 4 is 11.6 Å². The van der Waals surface area contributed by atoms with Gasteiger partial charge in [-0.2, -0.15) is 5.10 Å². The Labute approximate surface area is 136 Å². The van der Waals surface area contributed by atoms with Crippen LogP contribution in [0, 0.1) is 13.8 Å². The summed E-state index contributed by atoms with van der Waals surface area (Å²) in [6, 6.07) is 7.42. The van der Waals surface area contributed by atoms with Gasteiger partial charge in [0, 0.05) is 36.1 Å². The largest absolute Gasteiger partial charge is 0.395 e. The van der Waals surface area contributed by atoms with Crippen LogP contribution in [-0.2, 0) is 7.05 Å². The van der Waals surface area contributed by atoms with Crippen LogP contribution in [0.3, 0.4) is 0 Å². The van der Waals surface area contributed by atoms with E-state index in [1.54, 1.807) is 6.07 Å². The Morgan fingerprint density at radius 1 is 1.39 bits per heavy atom. The van der Waals surface area contributed by atoms with Crippen LogP contribution in [0.5, 0.6) is 0 Å². The summed E-state index contributed by atoms with van der Waals surface area (Å²) < 4.78 is 1.88. The standard InChI is InChI=1S/C17H24N4O2/c1-11(16-12(2)20-21(4)13(16)3)19-15-7-5-6-14(10-15)17(23)18-8-9-22/h5-7,10-11,19,22H,8-9H2,1-4H3,(H,18,23). The molecule has 0 saturated heterocycles. The van der Waals surface area contributed by atoms with Crippen LogP contribution in [0.2, 0.25) is 0 Å². The van der Waals surface area contributed by atoms with Gasteiger partial charge in [-0.1, -0.05) is 6.07 Å². The molecular weight excluding hydrogens is 292 g/mol. The highest BCUT2D eigenvalue weighted by Gasteiger charge is 2.16. The molecule has 1 aromatic carbocycles. The molecule has 0 aliphatic heterocycles. The quantitative estimate of drug-likeness (QED) is 0.761. The first-order chi connectivity index (χ1) is 10.9. The average Bonchev–Trinajstić information content (AvgIpc) is 2.77. The van der Waals surface area contributed by atoms with E-state index < -0.39 is 0 Å². The SMILES string of the molecule is Cc1nn(C)c(C)c1C(C)Nc1cccc(C(=O)NCCO)c1. The smallest absolute Gasteiger partial charge is 0.251 e. The molecule has 0 fully saturated rings. The number of aliphatic hydroxyl groups excluding tert-OH is 1. The molecule has 3 N–H and O–H groups in total. The molecule has 6 heteroatoms. The number of rotatable bonds is 6. The Kier molecular flexibility index (Phi) is 5.39. The predicted molar refractivity (Wildman–Crippen MR) is 90.6 cm³/mol. The minimum atomic E-state index is -0.191. The molecule has 0 aliphatic rings. The summed E-state index contributed by atoms with van der Waals surface area (Å²) in [7, 11) is 1.94. The van der Waals surface area contributed by atoms with Crippen molar-refractivity contribution in [3.8, 4) is 0 Å². The third kappa shape index (κ3) is 3.90. The number of benzene rings is 1. The van der Waals surface area contributed by atoms with Gasteiger partial charge in [-0.05, 0) is 39.0 Å². The van der Waals surface area contributed by atoms with E-state index in [-0.39, 0.29) is 25.1 Å². The number of carbonyl (C=O) groups is 1. The lowest BCUT2D eigenvalue weighted by Gasteiger charge is -2.17. The highest BCUT2D eigenvalue weighted by molar-refractivity contribution is 5.95. The first kappa shape index (κ1) is 17.0. The van der Waals surface area contributed by atoms with E-state index in [0.29, 0.717) is 5.56 Å². The lowest BCUT2D eigenvalue weighted by Crippen LogP contribution is -2.26. The lowest BCUT2D eigenvalue weighted by molar-refractivity contribution is 0.0945. The zero-order valence-electron chi connectivity index (χ0n) is 14.1. The molecule has 1 atom stereocenters. The van der Waals surface area contributed by atoms with Crippen molar-refractivity contribution in [1.82, 2.24) is 15.1 Å². The topological polar surface area (TPSA) is 79.2 Å². The van der Waals surface area contributed by atoms with Gasteiger partial charge in [0.15, 0.2) is 0 Å². The third-order valence-electron chi connectivity index (χ3n) is 3.90. The molecule has 0 saturated carbocycles. The van der Waals surface area contributed by atoms with Crippen LogP contribution >= 0.6 is 0 Å². The average molecular weight is 316 g/mol. The van der Waals surface area contributed by atoms with Gasteiger partial charge in [0.2, 0.25) is 0 Å². The van der Waals surface area contributed by atoms with Gasteiger partial charge in [0.1, 0.15) is 0 Å². The molecular formula is C17H24N4O2. The molecule has 0 radical (unpaired) electrons. The van der Waals surface area contributed by atoms with Gasteiger partial charge in [0.05, 0.1) is 18.3 Å². The van der Waals surface area contributed by atoms with E-state index >= 15 is 0 Å². The van der Waals surface area contributed by atoms with Gasteiger partial charge in [0.25, 0.3) is 5.91 Å². The molecule has 23 heavy (non-hydrogen) atoms. The Morgan fingerprint density at radius 3 is 2.74 bits per heavy atom.